The van der Waals surface area contributed by atoms with Gasteiger partial charge in [-0.25, -0.2) is 4.98 Å². The zero-order valence-corrected chi connectivity index (χ0v) is 12.3. The number of carbonyl (C=O) groups excluding carboxylic acids is 1. The fraction of sp³-hybridized carbons (Fsp3) is 0.571. The van der Waals surface area contributed by atoms with Crippen molar-refractivity contribution in [1.82, 2.24) is 4.98 Å². The maximum absolute atomic E-state index is 10.6. The van der Waals surface area contributed by atoms with E-state index in [1.807, 2.05) is 33.8 Å². The van der Waals surface area contributed by atoms with Gasteiger partial charge in [-0.05, 0) is 18.6 Å². The van der Waals surface area contributed by atoms with Crippen LogP contribution in [0.3, 0.4) is 0 Å². The van der Waals surface area contributed by atoms with Crippen LogP contribution in [0.25, 0.3) is 0 Å². The van der Waals surface area contributed by atoms with Gasteiger partial charge in [0.05, 0.1) is 13.7 Å². The molecule has 18 heavy (non-hydrogen) atoms. The second-order valence-corrected chi connectivity index (χ2v) is 2.90. The molecule has 4 heteroatoms. The van der Waals surface area contributed by atoms with Gasteiger partial charge in [0.2, 0.25) is 5.88 Å². The van der Waals surface area contributed by atoms with Gasteiger partial charge in [-0.1, -0.05) is 27.7 Å². The molecule has 0 saturated carbocycles. The number of methoxy groups -OCH3 is 1. The van der Waals surface area contributed by atoms with E-state index >= 15 is 0 Å². The molecule has 0 spiro atoms. The van der Waals surface area contributed by atoms with Crippen molar-refractivity contribution >= 4 is 5.78 Å². The summed E-state index contributed by atoms with van der Waals surface area (Å²) in [6.45, 7) is 10.0. The zero-order chi connectivity index (χ0) is 14.4. The van der Waals surface area contributed by atoms with E-state index in [0.29, 0.717) is 12.5 Å². The predicted octanol–water partition coefficient (Wildman–Crippen LogP) is 3.25. The lowest BCUT2D eigenvalue weighted by Crippen LogP contribution is -2.03. The van der Waals surface area contributed by atoms with E-state index in [9.17, 15) is 4.79 Å². The number of ether oxygens (including phenoxy) is 2. The van der Waals surface area contributed by atoms with Crippen LogP contribution < -0.4 is 4.74 Å². The highest BCUT2D eigenvalue weighted by Crippen LogP contribution is 2.07. The van der Waals surface area contributed by atoms with Gasteiger partial charge in [-0.3, -0.25) is 4.79 Å². The SMILES string of the molecule is CC.CC.COc1ccc(COCC(C)=O)cn1. The summed E-state index contributed by atoms with van der Waals surface area (Å²) < 4.78 is 10.0. The van der Waals surface area contributed by atoms with Crippen molar-refractivity contribution < 1.29 is 14.3 Å². The molecule has 0 bridgehead atoms. The summed E-state index contributed by atoms with van der Waals surface area (Å²) in [7, 11) is 1.56. The Kier molecular flexibility index (Phi) is 14.4. The number of aromatic nitrogens is 1. The third-order valence-corrected chi connectivity index (χ3v) is 1.58. The van der Waals surface area contributed by atoms with Crippen LogP contribution in [0, 0.1) is 0 Å². The monoisotopic (exact) mass is 255 g/mol. The van der Waals surface area contributed by atoms with Gasteiger partial charge in [0.25, 0.3) is 0 Å². The Bertz CT molecular complexity index is 296. The number of hydrogen-bond acceptors (Lipinski definition) is 4. The molecule has 0 unspecified atom stereocenters. The van der Waals surface area contributed by atoms with Crippen molar-refractivity contribution in [2.24, 2.45) is 0 Å². The Balaban J connectivity index is 0. The molecule has 0 aliphatic carbocycles. The summed E-state index contributed by atoms with van der Waals surface area (Å²) >= 11 is 0. The van der Waals surface area contributed by atoms with Gasteiger partial charge in [0.15, 0.2) is 5.78 Å². The fourth-order valence-corrected chi connectivity index (χ4v) is 0.930. The van der Waals surface area contributed by atoms with E-state index in [4.69, 9.17) is 9.47 Å². The number of ketones is 1. The second-order valence-electron chi connectivity index (χ2n) is 2.90. The minimum Gasteiger partial charge on any atom is -0.481 e. The first-order valence-electron chi connectivity index (χ1n) is 6.28. The summed E-state index contributed by atoms with van der Waals surface area (Å²) in [6.07, 6.45) is 1.67. The summed E-state index contributed by atoms with van der Waals surface area (Å²) in [5.74, 6) is 0.590. The molecule has 1 rings (SSSR count). The fourth-order valence-electron chi connectivity index (χ4n) is 0.930. The molecule has 0 N–H and O–H groups in total. The predicted molar refractivity (Wildman–Crippen MR) is 73.8 cm³/mol. The van der Waals surface area contributed by atoms with Gasteiger partial charge in [-0.15, -0.1) is 0 Å². The van der Waals surface area contributed by atoms with Crippen molar-refractivity contribution in [3.8, 4) is 5.88 Å². The smallest absolute Gasteiger partial charge is 0.212 e. The molecule has 0 aliphatic heterocycles. The van der Waals surface area contributed by atoms with Crippen molar-refractivity contribution in [2.45, 2.75) is 41.2 Å². The van der Waals surface area contributed by atoms with Crippen LogP contribution >= 0.6 is 0 Å². The van der Waals surface area contributed by atoms with Crippen LogP contribution in [0.1, 0.15) is 40.2 Å². The highest BCUT2D eigenvalue weighted by atomic mass is 16.5. The average molecular weight is 255 g/mol. The highest BCUT2D eigenvalue weighted by molar-refractivity contribution is 5.76. The van der Waals surface area contributed by atoms with E-state index in [2.05, 4.69) is 4.98 Å². The molecular formula is C14H25NO3. The maximum atomic E-state index is 10.6. The second kappa shape index (κ2) is 13.6. The Morgan fingerprint density at radius 1 is 1.22 bits per heavy atom. The molecule has 1 aromatic rings. The number of pyridine rings is 1. The molecule has 0 amide bonds. The third kappa shape index (κ3) is 9.78. The molecule has 1 heterocycles. The van der Waals surface area contributed by atoms with E-state index in [1.165, 1.54) is 6.92 Å². The number of rotatable bonds is 5. The van der Waals surface area contributed by atoms with E-state index < -0.39 is 0 Å². The van der Waals surface area contributed by atoms with Gasteiger partial charge < -0.3 is 9.47 Å². The summed E-state index contributed by atoms with van der Waals surface area (Å²) in [5.41, 5.74) is 0.923. The topological polar surface area (TPSA) is 48.4 Å². The van der Waals surface area contributed by atoms with Crippen molar-refractivity contribution in [1.29, 1.82) is 0 Å². The third-order valence-electron chi connectivity index (χ3n) is 1.58. The molecule has 1 aromatic heterocycles. The first-order valence-corrected chi connectivity index (χ1v) is 6.28. The Morgan fingerprint density at radius 3 is 2.22 bits per heavy atom. The van der Waals surface area contributed by atoms with E-state index in [0.717, 1.165) is 5.56 Å². The lowest BCUT2D eigenvalue weighted by atomic mass is 10.3. The molecule has 0 aromatic carbocycles. The first-order chi connectivity index (χ1) is 8.72. The van der Waals surface area contributed by atoms with E-state index in [-0.39, 0.29) is 12.4 Å². The van der Waals surface area contributed by atoms with Crippen LogP contribution in [-0.4, -0.2) is 24.5 Å². The Morgan fingerprint density at radius 2 is 1.83 bits per heavy atom. The molecule has 104 valence electrons. The lowest BCUT2D eigenvalue weighted by molar-refractivity contribution is -0.121. The largest absolute Gasteiger partial charge is 0.481 e. The molecule has 0 fully saturated rings. The standard InChI is InChI=1S/C10H13NO3.2C2H6/c1-8(12)6-14-7-9-3-4-10(13-2)11-5-9;2*1-2/h3-5H,6-7H2,1-2H3;2*1-2H3. The average Bonchev–Trinajstić information content (AvgIpc) is 2.44. The van der Waals surface area contributed by atoms with E-state index in [1.54, 1.807) is 19.4 Å². The summed E-state index contributed by atoms with van der Waals surface area (Å²) in [5, 5.41) is 0. The maximum Gasteiger partial charge on any atom is 0.212 e. The lowest BCUT2D eigenvalue weighted by Gasteiger charge is -2.02. The molecule has 4 nitrogen and oxygen atoms in total. The zero-order valence-electron chi connectivity index (χ0n) is 12.3. The van der Waals surface area contributed by atoms with Gasteiger partial charge in [0.1, 0.15) is 6.61 Å². The van der Waals surface area contributed by atoms with Crippen molar-refractivity contribution in [2.75, 3.05) is 13.7 Å². The molecular weight excluding hydrogens is 230 g/mol. The minimum atomic E-state index is 0.0199. The number of Topliss-reactive ketones (excluding diaryl/α,β-unsaturated/α-hetero) is 1. The molecule has 0 radical (unpaired) electrons. The summed E-state index contributed by atoms with van der Waals surface area (Å²) in [6, 6.07) is 3.61. The molecule has 0 aliphatic rings. The number of carbonyl (C=O) groups is 1. The Labute approximate surface area is 110 Å². The van der Waals surface area contributed by atoms with Crippen LogP contribution in [0.2, 0.25) is 0 Å². The quantitative estimate of drug-likeness (QED) is 0.810. The molecule has 0 saturated heterocycles. The highest BCUT2D eigenvalue weighted by Gasteiger charge is 1.97. The van der Waals surface area contributed by atoms with Gasteiger partial charge in [-0.2, -0.15) is 0 Å². The van der Waals surface area contributed by atoms with Crippen LogP contribution in [0.5, 0.6) is 5.88 Å². The van der Waals surface area contributed by atoms with Crippen molar-refractivity contribution in [3.63, 3.8) is 0 Å². The molecule has 0 atom stereocenters. The first kappa shape index (κ1) is 18.9. The number of hydrogen-bond donors (Lipinski definition) is 0. The van der Waals surface area contributed by atoms with Gasteiger partial charge in [0, 0.05) is 12.3 Å². The summed E-state index contributed by atoms with van der Waals surface area (Å²) in [4.78, 5) is 14.6. The van der Waals surface area contributed by atoms with Crippen LogP contribution in [0.4, 0.5) is 0 Å². The van der Waals surface area contributed by atoms with Crippen LogP contribution in [0.15, 0.2) is 18.3 Å². The minimum absolute atomic E-state index is 0.0199. The Hall–Kier alpha value is -1.42. The van der Waals surface area contributed by atoms with Gasteiger partial charge >= 0.3 is 0 Å². The van der Waals surface area contributed by atoms with Crippen molar-refractivity contribution in [3.05, 3.63) is 23.9 Å². The van der Waals surface area contributed by atoms with Crippen LogP contribution in [-0.2, 0) is 16.1 Å². The normalized spacial score (nSPS) is 8.33. The number of nitrogens with zero attached hydrogens (tertiary/aromatic N) is 1.